The molecule has 1 atom stereocenters. The molecule has 202 valence electrons. The minimum absolute atomic E-state index is 0.0526. The zero-order valence-corrected chi connectivity index (χ0v) is 22.7. The van der Waals surface area contributed by atoms with Crippen LogP contribution in [0.1, 0.15) is 62.0 Å². The van der Waals surface area contributed by atoms with E-state index in [2.05, 4.69) is 19.2 Å². The van der Waals surface area contributed by atoms with E-state index in [9.17, 15) is 9.59 Å². The van der Waals surface area contributed by atoms with Crippen molar-refractivity contribution < 1.29 is 23.5 Å². The zero-order chi connectivity index (χ0) is 27.7. The van der Waals surface area contributed by atoms with E-state index in [1.165, 1.54) is 12.1 Å². The monoisotopic (exact) mass is 528 g/mol. The highest BCUT2D eigenvalue weighted by molar-refractivity contribution is 6.12. The van der Waals surface area contributed by atoms with Crippen molar-refractivity contribution in [2.75, 3.05) is 23.9 Å². The van der Waals surface area contributed by atoms with Gasteiger partial charge in [0.2, 0.25) is 0 Å². The maximum Gasteiger partial charge on any atom is 0.262 e. The third-order valence-electron chi connectivity index (χ3n) is 7.19. The number of hydrogen-bond acceptors (Lipinski definition) is 5. The number of anilines is 2. The second kappa shape index (κ2) is 10.6. The van der Waals surface area contributed by atoms with Crippen molar-refractivity contribution in [3.05, 3.63) is 94.9 Å². The lowest BCUT2D eigenvalue weighted by molar-refractivity contribution is -0.118. The molecule has 1 heterocycles. The van der Waals surface area contributed by atoms with E-state index < -0.39 is 17.8 Å². The topological polar surface area (TPSA) is 67.9 Å². The molecule has 0 aromatic heterocycles. The Bertz CT molecular complexity index is 1460. The minimum Gasteiger partial charge on any atom is -0.493 e. The number of hydrogen-bond donors (Lipinski definition) is 1. The molecule has 7 heteroatoms. The molecule has 2 aliphatic rings. The summed E-state index contributed by atoms with van der Waals surface area (Å²) in [7, 11) is 1.56. The molecule has 1 aliphatic heterocycles. The van der Waals surface area contributed by atoms with Gasteiger partial charge < -0.3 is 14.8 Å². The summed E-state index contributed by atoms with van der Waals surface area (Å²) in [5.74, 6) is -0.141. The van der Waals surface area contributed by atoms with Crippen LogP contribution in [0.3, 0.4) is 0 Å². The van der Waals surface area contributed by atoms with Gasteiger partial charge in [-0.1, -0.05) is 51.1 Å². The highest BCUT2D eigenvalue weighted by Crippen LogP contribution is 2.49. The fourth-order valence-electron chi connectivity index (χ4n) is 5.48. The van der Waals surface area contributed by atoms with Crippen LogP contribution in [0.5, 0.6) is 11.5 Å². The summed E-state index contributed by atoms with van der Waals surface area (Å²) in [5, 5.41) is 3.48. The number of carbonyl (C=O) groups is 2. The summed E-state index contributed by atoms with van der Waals surface area (Å²) in [5.41, 5.74) is 2.84. The molecule has 1 N–H and O–H groups in total. The number of nitrogens with zero attached hydrogens (tertiary/aromatic N) is 1. The van der Waals surface area contributed by atoms with Crippen molar-refractivity contribution in [1.82, 2.24) is 0 Å². The molecule has 0 spiro atoms. The van der Waals surface area contributed by atoms with Crippen LogP contribution in [0, 0.1) is 11.2 Å². The lowest BCUT2D eigenvalue weighted by Crippen LogP contribution is -2.39. The number of amides is 1. The van der Waals surface area contributed by atoms with Gasteiger partial charge >= 0.3 is 0 Å². The molecule has 3 aromatic rings. The minimum atomic E-state index is -0.819. The smallest absolute Gasteiger partial charge is 0.262 e. The Kier molecular flexibility index (Phi) is 7.17. The number of methoxy groups -OCH3 is 1. The Labute approximate surface area is 228 Å². The molecule has 39 heavy (non-hydrogen) atoms. The quantitative estimate of drug-likeness (QED) is 0.370. The summed E-state index contributed by atoms with van der Waals surface area (Å²) in [6.07, 6.45) is 1.79. The molecule has 1 aliphatic carbocycles. The first-order valence-corrected chi connectivity index (χ1v) is 13.2. The summed E-state index contributed by atoms with van der Waals surface area (Å²) in [6, 6.07) is 18.0. The Balaban J connectivity index is 1.78. The highest BCUT2D eigenvalue weighted by Gasteiger charge is 2.44. The number of ether oxygens (including phenoxy) is 2. The molecule has 0 fully saturated rings. The van der Waals surface area contributed by atoms with Gasteiger partial charge in [-0.25, -0.2) is 4.39 Å². The van der Waals surface area contributed by atoms with Crippen LogP contribution in [0.25, 0.3) is 0 Å². The first-order valence-electron chi connectivity index (χ1n) is 13.2. The fraction of sp³-hybridized carbons (Fsp3) is 0.312. The third-order valence-corrected chi connectivity index (χ3v) is 7.19. The van der Waals surface area contributed by atoms with E-state index >= 15 is 4.39 Å². The molecule has 1 amide bonds. The van der Waals surface area contributed by atoms with Gasteiger partial charge in [-0.3, -0.25) is 14.5 Å². The van der Waals surface area contributed by atoms with Crippen LogP contribution < -0.4 is 19.7 Å². The predicted octanol–water partition coefficient (Wildman–Crippen LogP) is 7.08. The molecule has 0 radical (unpaired) electrons. The lowest BCUT2D eigenvalue weighted by atomic mass is 9.73. The van der Waals surface area contributed by atoms with Gasteiger partial charge in [-0.2, -0.15) is 0 Å². The largest absolute Gasteiger partial charge is 0.493 e. The number of carbonyl (C=O) groups excluding carboxylic acids is 2. The number of halogens is 1. The summed E-state index contributed by atoms with van der Waals surface area (Å²) >= 11 is 0. The summed E-state index contributed by atoms with van der Waals surface area (Å²) < 4.78 is 26.6. The maximum atomic E-state index is 15.0. The fourth-order valence-corrected chi connectivity index (χ4v) is 5.48. The van der Waals surface area contributed by atoms with Crippen LogP contribution >= 0.6 is 0 Å². The molecule has 3 aromatic carbocycles. The Morgan fingerprint density at radius 2 is 1.79 bits per heavy atom. The Hall–Kier alpha value is -4.13. The van der Waals surface area contributed by atoms with Crippen molar-refractivity contribution in [3.8, 4) is 11.5 Å². The number of para-hydroxylation sites is 2. The molecule has 1 unspecified atom stereocenters. The van der Waals surface area contributed by atoms with Crippen LogP contribution in [0.4, 0.5) is 15.8 Å². The van der Waals surface area contributed by atoms with E-state index in [-0.39, 0.29) is 16.8 Å². The summed E-state index contributed by atoms with van der Waals surface area (Å²) in [6.45, 7) is 6.67. The number of Topliss-reactive ketones (excluding diaryl/α,β-unsaturated/α-hetero) is 1. The second-order valence-electron chi connectivity index (χ2n) is 10.8. The van der Waals surface area contributed by atoms with Gasteiger partial charge in [0.15, 0.2) is 17.3 Å². The SMILES string of the molecule is CCCOc1ccc(C2C3=C(CC(C)(C)CC3=O)Nc3ccccc3N2C(=O)c2ccccc2F)cc1OC. The molecular formula is C32H33FN2O4. The molecule has 0 saturated heterocycles. The first-order chi connectivity index (χ1) is 18.7. The first kappa shape index (κ1) is 26.5. The normalized spacial score (nSPS) is 18.0. The average molecular weight is 529 g/mol. The van der Waals surface area contributed by atoms with Gasteiger partial charge in [0.25, 0.3) is 5.91 Å². The number of nitrogens with one attached hydrogen (secondary N) is 1. The maximum absolute atomic E-state index is 15.0. The van der Waals surface area contributed by atoms with Crippen LogP contribution in [0.2, 0.25) is 0 Å². The third kappa shape index (κ3) is 5.01. The van der Waals surface area contributed by atoms with Gasteiger partial charge in [-0.15, -0.1) is 0 Å². The van der Waals surface area contributed by atoms with Gasteiger partial charge in [0.1, 0.15) is 5.82 Å². The highest BCUT2D eigenvalue weighted by atomic mass is 19.1. The van der Waals surface area contributed by atoms with E-state index in [0.29, 0.717) is 53.5 Å². The molecule has 6 nitrogen and oxygen atoms in total. The van der Waals surface area contributed by atoms with Gasteiger partial charge in [0.05, 0.1) is 36.7 Å². The van der Waals surface area contributed by atoms with Crippen LogP contribution in [-0.2, 0) is 4.79 Å². The average Bonchev–Trinajstić information content (AvgIpc) is 3.05. The van der Waals surface area contributed by atoms with Crippen LogP contribution in [-0.4, -0.2) is 25.4 Å². The Morgan fingerprint density at radius 3 is 2.54 bits per heavy atom. The van der Waals surface area contributed by atoms with E-state index in [1.807, 2.05) is 43.3 Å². The standard InChI is InChI=1S/C32H33FN2O4/c1-5-16-39-27-15-14-20(17-28(27)38-4)30-29-24(18-32(2,3)19-26(29)36)34-23-12-8-9-13-25(23)35(30)31(37)21-10-6-7-11-22(21)33/h6-15,17,30,34H,5,16,18-19H2,1-4H3. The number of ketones is 1. The zero-order valence-electron chi connectivity index (χ0n) is 22.7. The number of fused-ring (bicyclic) bond motifs is 1. The van der Waals surface area contributed by atoms with E-state index in [4.69, 9.17) is 9.47 Å². The van der Waals surface area contributed by atoms with E-state index in [1.54, 1.807) is 30.2 Å². The number of rotatable bonds is 6. The molecule has 0 bridgehead atoms. The lowest BCUT2D eigenvalue weighted by Gasteiger charge is -2.37. The van der Waals surface area contributed by atoms with Crippen molar-refractivity contribution in [2.45, 2.75) is 46.1 Å². The van der Waals surface area contributed by atoms with Crippen molar-refractivity contribution in [1.29, 1.82) is 0 Å². The molecule has 0 saturated carbocycles. The number of allylic oxidation sites excluding steroid dienone is 1. The summed E-state index contributed by atoms with van der Waals surface area (Å²) in [4.78, 5) is 29.7. The molecular weight excluding hydrogens is 495 g/mol. The van der Waals surface area contributed by atoms with Crippen molar-refractivity contribution in [3.63, 3.8) is 0 Å². The van der Waals surface area contributed by atoms with Crippen molar-refractivity contribution in [2.24, 2.45) is 5.41 Å². The second-order valence-corrected chi connectivity index (χ2v) is 10.8. The Morgan fingerprint density at radius 1 is 1.05 bits per heavy atom. The van der Waals surface area contributed by atoms with E-state index in [0.717, 1.165) is 12.1 Å². The predicted molar refractivity (Wildman–Crippen MR) is 150 cm³/mol. The van der Waals surface area contributed by atoms with Crippen LogP contribution in [0.15, 0.2) is 78.0 Å². The number of benzene rings is 3. The van der Waals surface area contributed by atoms with Crippen molar-refractivity contribution >= 4 is 23.1 Å². The van der Waals surface area contributed by atoms with Gasteiger partial charge in [-0.05, 0) is 60.2 Å². The van der Waals surface area contributed by atoms with Gasteiger partial charge in [0, 0.05) is 17.7 Å². The molecule has 5 rings (SSSR count).